The van der Waals surface area contributed by atoms with Crippen LogP contribution in [0.2, 0.25) is 5.02 Å². The van der Waals surface area contributed by atoms with Gasteiger partial charge in [0.15, 0.2) is 5.16 Å². The summed E-state index contributed by atoms with van der Waals surface area (Å²) in [6.07, 6.45) is -2.81. The van der Waals surface area contributed by atoms with Gasteiger partial charge in [0.1, 0.15) is 4.83 Å². The van der Waals surface area contributed by atoms with Crippen LogP contribution in [0, 0.1) is 13.8 Å². The molecule has 0 saturated heterocycles. The number of alkyl halides is 3. The highest BCUT2D eigenvalue weighted by Crippen LogP contribution is 2.34. The largest absolute Gasteiger partial charge is 0.416 e. The van der Waals surface area contributed by atoms with E-state index < -0.39 is 17.6 Å². The number of rotatable bonds is 7. The van der Waals surface area contributed by atoms with Gasteiger partial charge in [0.2, 0.25) is 5.91 Å². The quantitative estimate of drug-likeness (QED) is 0.187. The van der Waals surface area contributed by atoms with E-state index in [1.54, 1.807) is 6.07 Å². The fraction of sp³-hybridized carbons (Fsp3) is 0.269. The predicted molar refractivity (Wildman–Crippen MR) is 144 cm³/mol. The number of carbonyl (C=O) groups excluding carboxylic acids is 1. The average molecular weight is 566 g/mol. The van der Waals surface area contributed by atoms with Crippen molar-refractivity contribution in [3.8, 4) is 5.69 Å². The lowest BCUT2D eigenvalue weighted by atomic mass is 10.1. The Hall–Kier alpha value is -2.82. The van der Waals surface area contributed by atoms with E-state index in [0.717, 1.165) is 58.8 Å². The van der Waals surface area contributed by atoms with Crippen LogP contribution in [0.25, 0.3) is 15.9 Å². The fourth-order valence-corrected chi connectivity index (χ4v) is 6.18. The summed E-state index contributed by atoms with van der Waals surface area (Å²) in [5.41, 5.74) is 1.19. The first-order valence-corrected chi connectivity index (χ1v) is 13.6. The molecule has 2 aromatic carbocycles. The van der Waals surface area contributed by atoms with E-state index in [0.29, 0.717) is 21.1 Å². The Morgan fingerprint density at radius 1 is 1.19 bits per heavy atom. The molecule has 1 amide bonds. The summed E-state index contributed by atoms with van der Waals surface area (Å²) in [7, 11) is 0. The normalized spacial score (nSPS) is 11.8. The average Bonchev–Trinajstić information content (AvgIpc) is 3.14. The van der Waals surface area contributed by atoms with Gasteiger partial charge in [-0.3, -0.25) is 14.2 Å². The lowest BCUT2D eigenvalue weighted by Crippen LogP contribution is -2.23. The van der Waals surface area contributed by atoms with Crippen LogP contribution in [-0.4, -0.2) is 21.2 Å². The van der Waals surface area contributed by atoms with Crippen LogP contribution in [0.4, 0.5) is 18.9 Å². The van der Waals surface area contributed by atoms with Gasteiger partial charge in [0.25, 0.3) is 5.56 Å². The van der Waals surface area contributed by atoms with Crippen LogP contribution in [0.1, 0.15) is 34.9 Å². The van der Waals surface area contributed by atoms with Crippen LogP contribution in [0.3, 0.4) is 0 Å². The number of nitrogens with zero attached hydrogens (tertiary/aromatic N) is 2. The van der Waals surface area contributed by atoms with E-state index in [1.807, 2.05) is 32.0 Å². The summed E-state index contributed by atoms with van der Waals surface area (Å²) in [5.74, 6) is -0.770. The first-order valence-electron chi connectivity index (χ1n) is 11.4. The molecule has 0 bridgehead atoms. The Kier molecular flexibility index (Phi) is 8.01. The molecule has 0 aliphatic rings. The number of amides is 1. The van der Waals surface area contributed by atoms with Gasteiger partial charge in [-0.25, -0.2) is 4.98 Å². The van der Waals surface area contributed by atoms with Gasteiger partial charge in [0.05, 0.1) is 33.1 Å². The molecule has 2 heterocycles. The minimum atomic E-state index is -4.57. The van der Waals surface area contributed by atoms with Crippen LogP contribution in [-0.2, 0) is 17.4 Å². The number of aromatic nitrogens is 2. The Bertz CT molecular complexity index is 1550. The highest BCUT2D eigenvalue weighted by atomic mass is 35.5. The number of carbonyl (C=O) groups is 1. The van der Waals surface area contributed by atoms with Gasteiger partial charge in [0, 0.05) is 4.88 Å². The van der Waals surface area contributed by atoms with Gasteiger partial charge < -0.3 is 5.32 Å². The van der Waals surface area contributed by atoms with Gasteiger partial charge in [-0.1, -0.05) is 48.8 Å². The van der Waals surface area contributed by atoms with Crippen molar-refractivity contribution in [2.24, 2.45) is 0 Å². The van der Waals surface area contributed by atoms with Gasteiger partial charge in [-0.15, -0.1) is 11.3 Å². The van der Waals surface area contributed by atoms with Crippen molar-refractivity contribution in [2.45, 2.75) is 44.9 Å². The molecule has 4 rings (SSSR count). The molecule has 0 aliphatic heterocycles. The van der Waals surface area contributed by atoms with Crippen molar-refractivity contribution in [1.29, 1.82) is 0 Å². The predicted octanol–water partition coefficient (Wildman–Crippen LogP) is 7.42. The van der Waals surface area contributed by atoms with Crippen LogP contribution in [0.5, 0.6) is 0 Å². The second kappa shape index (κ2) is 10.9. The van der Waals surface area contributed by atoms with E-state index in [2.05, 4.69) is 12.2 Å². The monoisotopic (exact) mass is 565 g/mol. The van der Waals surface area contributed by atoms with E-state index >= 15 is 0 Å². The summed E-state index contributed by atoms with van der Waals surface area (Å²) in [6, 6.07) is 10.1. The molecule has 0 radical (unpaired) electrons. The van der Waals surface area contributed by atoms with Crippen molar-refractivity contribution < 1.29 is 18.0 Å². The molecule has 1 N–H and O–H groups in total. The summed E-state index contributed by atoms with van der Waals surface area (Å²) < 4.78 is 40.7. The first kappa shape index (κ1) is 27.2. The third-order valence-electron chi connectivity index (χ3n) is 5.67. The number of anilines is 1. The molecule has 0 unspecified atom stereocenters. The van der Waals surface area contributed by atoms with Gasteiger partial charge in [-0.05, 0) is 61.7 Å². The van der Waals surface area contributed by atoms with Crippen molar-refractivity contribution >= 4 is 56.5 Å². The molecule has 5 nitrogen and oxygen atoms in total. The summed E-state index contributed by atoms with van der Waals surface area (Å²) in [6.45, 7) is 5.90. The molecule has 4 aromatic rings. The van der Waals surface area contributed by atoms with E-state index in [9.17, 15) is 22.8 Å². The molecule has 11 heteroatoms. The van der Waals surface area contributed by atoms with Crippen molar-refractivity contribution in [3.05, 3.63) is 79.4 Å². The topological polar surface area (TPSA) is 64.0 Å². The number of halogens is 4. The van der Waals surface area contributed by atoms with E-state index in [1.165, 1.54) is 15.9 Å². The number of aryl methyl sites for hydroxylation is 3. The summed E-state index contributed by atoms with van der Waals surface area (Å²) in [4.78, 5) is 32.8. The highest BCUT2D eigenvalue weighted by molar-refractivity contribution is 7.99. The van der Waals surface area contributed by atoms with Crippen molar-refractivity contribution in [2.75, 3.05) is 11.1 Å². The number of nitrogens with one attached hydrogen (secondary N) is 1. The number of hydrogen-bond acceptors (Lipinski definition) is 5. The molecule has 0 atom stereocenters. The molecular weight excluding hydrogens is 543 g/mol. The molecule has 0 aliphatic carbocycles. The Labute approximate surface area is 224 Å². The van der Waals surface area contributed by atoms with E-state index in [4.69, 9.17) is 16.6 Å². The zero-order valence-electron chi connectivity index (χ0n) is 20.2. The molecule has 2 aromatic heterocycles. The lowest BCUT2D eigenvalue weighted by Gasteiger charge is -2.14. The number of thiophene rings is 1. The number of hydrogen-bond donors (Lipinski definition) is 1. The molecule has 0 fully saturated rings. The molecule has 0 spiro atoms. The minimum Gasteiger partial charge on any atom is -0.324 e. The van der Waals surface area contributed by atoms with Gasteiger partial charge >= 0.3 is 6.18 Å². The van der Waals surface area contributed by atoms with Crippen LogP contribution in [0.15, 0.2) is 52.4 Å². The van der Waals surface area contributed by atoms with Gasteiger partial charge in [-0.2, -0.15) is 13.2 Å². The van der Waals surface area contributed by atoms with Crippen molar-refractivity contribution in [1.82, 2.24) is 9.55 Å². The fourth-order valence-electron chi connectivity index (χ4n) is 3.88. The first-order chi connectivity index (χ1) is 17.5. The summed E-state index contributed by atoms with van der Waals surface area (Å²) in [5, 5.41) is 3.30. The standard InChI is InChI=1S/C26H23ClF3N3O2S2/c1-4-6-20-15(3)22-23(37-20)32-25(33(24(22)35)17-8-5-7-14(2)11-17)36-13-21(34)31-19-12-16(26(28,29)30)9-10-18(19)27/h5,7-12H,4,6,13H2,1-3H3,(H,31,34). The molecule has 37 heavy (non-hydrogen) atoms. The smallest absolute Gasteiger partial charge is 0.324 e. The Morgan fingerprint density at radius 3 is 2.62 bits per heavy atom. The molecule has 0 saturated carbocycles. The number of thioether (sulfide) groups is 1. The third-order valence-corrected chi connectivity index (χ3v) is 8.18. The maximum absolute atomic E-state index is 13.7. The Morgan fingerprint density at radius 2 is 1.95 bits per heavy atom. The van der Waals surface area contributed by atoms with E-state index in [-0.39, 0.29) is 22.0 Å². The van der Waals surface area contributed by atoms with Crippen LogP contribution >= 0.6 is 34.7 Å². The third kappa shape index (κ3) is 5.86. The minimum absolute atomic E-state index is 0.0138. The second-order valence-electron chi connectivity index (χ2n) is 8.48. The zero-order valence-corrected chi connectivity index (χ0v) is 22.6. The maximum Gasteiger partial charge on any atom is 0.416 e. The lowest BCUT2D eigenvalue weighted by molar-refractivity contribution is -0.137. The zero-order chi connectivity index (χ0) is 26.9. The Balaban J connectivity index is 1.69. The molecule has 194 valence electrons. The number of benzene rings is 2. The van der Waals surface area contributed by atoms with Crippen molar-refractivity contribution in [3.63, 3.8) is 0 Å². The summed E-state index contributed by atoms with van der Waals surface area (Å²) >= 11 is 8.50. The second-order valence-corrected chi connectivity index (χ2v) is 10.9. The molecular formula is C26H23ClF3N3O2S2. The van der Waals surface area contributed by atoms with Crippen LogP contribution < -0.4 is 10.9 Å². The number of fused-ring (bicyclic) bond motifs is 1. The highest BCUT2D eigenvalue weighted by Gasteiger charge is 2.31. The maximum atomic E-state index is 13.7. The SMILES string of the molecule is CCCc1sc2nc(SCC(=O)Nc3cc(C(F)(F)F)ccc3Cl)n(-c3cccc(C)c3)c(=O)c2c1C.